The summed E-state index contributed by atoms with van der Waals surface area (Å²) in [5, 5.41) is 2.87. The van der Waals surface area contributed by atoms with Gasteiger partial charge in [0.2, 0.25) is 17.8 Å². The first-order chi connectivity index (χ1) is 12.1. The zero-order valence-electron chi connectivity index (χ0n) is 13.3. The van der Waals surface area contributed by atoms with E-state index in [4.69, 9.17) is 5.73 Å². The molecule has 3 rings (SSSR count). The molecule has 0 bridgehead atoms. The zero-order chi connectivity index (χ0) is 18.9. The number of nitrogens with zero attached hydrogens (tertiary/aromatic N) is 5. The summed E-state index contributed by atoms with van der Waals surface area (Å²) < 4.78 is 64.7. The third-order valence-electron chi connectivity index (χ3n) is 3.86. The van der Waals surface area contributed by atoms with Crippen molar-refractivity contribution in [2.24, 2.45) is 0 Å². The van der Waals surface area contributed by atoms with Gasteiger partial charge in [0.25, 0.3) is 0 Å². The van der Waals surface area contributed by atoms with Crippen LogP contribution in [0.4, 0.5) is 33.8 Å². The van der Waals surface area contributed by atoms with Gasteiger partial charge in [-0.2, -0.15) is 28.1 Å². The second-order valence-electron chi connectivity index (χ2n) is 5.90. The smallest absolute Gasteiger partial charge is 0.368 e. The number of anilines is 2. The molecule has 0 amide bonds. The van der Waals surface area contributed by atoms with E-state index in [0.717, 1.165) is 6.20 Å². The van der Waals surface area contributed by atoms with Crippen molar-refractivity contribution in [1.29, 1.82) is 0 Å². The van der Waals surface area contributed by atoms with Crippen LogP contribution in [-0.2, 0) is 6.18 Å². The minimum absolute atomic E-state index is 0.0121. The second-order valence-corrected chi connectivity index (χ2v) is 5.90. The minimum Gasteiger partial charge on any atom is -0.368 e. The van der Waals surface area contributed by atoms with E-state index in [0.29, 0.717) is 6.20 Å². The summed E-state index contributed by atoms with van der Waals surface area (Å²) in [6.45, 7) is 0. The summed E-state index contributed by atoms with van der Waals surface area (Å²) in [6, 6.07) is -0.295. The minimum atomic E-state index is -4.67. The van der Waals surface area contributed by atoms with E-state index in [2.05, 4.69) is 30.2 Å². The molecule has 2 heterocycles. The lowest BCUT2D eigenvalue weighted by Crippen LogP contribution is -2.32. The fourth-order valence-electron chi connectivity index (χ4n) is 2.55. The van der Waals surface area contributed by atoms with Gasteiger partial charge in [-0.25, -0.2) is 13.8 Å². The van der Waals surface area contributed by atoms with Crippen molar-refractivity contribution in [3.63, 3.8) is 0 Å². The van der Waals surface area contributed by atoms with Crippen molar-refractivity contribution >= 4 is 11.9 Å². The van der Waals surface area contributed by atoms with Gasteiger partial charge < -0.3 is 11.1 Å². The molecule has 1 fully saturated rings. The molecule has 140 valence electrons. The van der Waals surface area contributed by atoms with Crippen LogP contribution >= 0.6 is 0 Å². The second kappa shape index (κ2) is 6.57. The maximum absolute atomic E-state index is 13.2. The molecule has 0 aromatic carbocycles. The number of nitrogens with two attached hydrogens (primary N) is 1. The molecule has 3 N–H and O–H groups in total. The van der Waals surface area contributed by atoms with Gasteiger partial charge in [0.05, 0.1) is 12.4 Å². The average Bonchev–Trinajstić information content (AvgIpc) is 2.56. The molecule has 26 heavy (non-hydrogen) atoms. The molecule has 0 spiro atoms. The van der Waals surface area contributed by atoms with Crippen LogP contribution in [0.5, 0.6) is 0 Å². The van der Waals surface area contributed by atoms with Crippen LogP contribution in [0.1, 0.15) is 31.4 Å². The third-order valence-corrected chi connectivity index (χ3v) is 3.86. The van der Waals surface area contributed by atoms with E-state index < -0.39 is 17.8 Å². The van der Waals surface area contributed by atoms with Crippen LogP contribution in [0.3, 0.4) is 0 Å². The Morgan fingerprint density at radius 3 is 2.38 bits per heavy atom. The normalized spacial score (nSPS) is 17.9. The molecule has 1 saturated carbocycles. The topological polar surface area (TPSA) is 102 Å². The Morgan fingerprint density at radius 1 is 1.04 bits per heavy atom. The number of rotatable bonds is 3. The van der Waals surface area contributed by atoms with Crippen LogP contribution in [0.25, 0.3) is 11.5 Å². The quantitative estimate of drug-likeness (QED) is 0.795. The van der Waals surface area contributed by atoms with Gasteiger partial charge in [-0.15, -0.1) is 0 Å². The van der Waals surface area contributed by atoms with Crippen LogP contribution in [-0.4, -0.2) is 36.9 Å². The van der Waals surface area contributed by atoms with E-state index in [9.17, 15) is 22.0 Å². The summed E-state index contributed by atoms with van der Waals surface area (Å²) in [6.07, 6.45) is -3.15. The van der Waals surface area contributed by atoms with E-state index in [1.165, 1.54) is 0 Å². The highest BCUT2D eigenvalue weighted by Crippen LogP contribution is 2.34. The molecule has 0 radical (unpaired) electrons. The van der Waals surface area contributed by atoms with Gasteiger partial charge in [-0.3, -0.25) is 4.98 Å². The summed E-state index contributed by atoms with van der Waals surface area (Å²) in [5.74, 6) is -3.13. The predicted molar refractivity (Wildman–Crippen MR) is 81.1 cm³/mol. The van der Waals surface area contributed by atoms with Gasteiger partial charge in [0, 0.05) is 18.9 Å². The van der Waals surface area contributed by atoms with Gasteiger partial charge in [0.15, 0.2) is 11.5 Å². The maximum Gasteiger partial charge on any atom is 0.434 e. The Hall–Kier alpha value is -2.66. The van der Waals surface area contributed by atoms with E-state index in [1.54, 1.807) is 0 Å². The van der Waals surface area contributed by atoms with Crippen LogP contribution < -0.4 is 11.1 Å². The first kappa shape index (κ1) is 18.1. The standard InChI is InChI=1S/C14H14F5N7/c15-13(16)3-1-7(2-4-13)22-12-25-10(24-11(20)26-12)8-5-21-6-9(23-8)14(17,18)19/h5-7H,1-4H2,(H3,20,22,24,25,26). The monoisotopic (exact) mass is 375 g/mol. The van der Waals surface area contributed by atoms with Gasteiger partial charge in [-0.05, 0) is 12.8 Å². The lowest BCUT2D eigenvalue weighted by Gasteiger charge is -2.28. The van der Waals surface area contributed by atoms with Crippen molar-refractivity contribution in [1.82, 2.24) is 24.9 Å². The van der Waals surface area contributed by atoms with Crippen LogP contribution in [0.15, 0.2) is 12.4 Å². The largest absolute Gasteiger partial charge is 0.434 e. The van der Waals surface area contributed by atoms with E-state index in [-0.39, 0.29) is 55.1 Å². The molecule has 2 aromatic heterocycles. The van der Waals surface area contributed by atoms with Gasteiger partial charge in [-0.1, -0.05) is 0 Å². The first-order valence-electron chi connectivity index (χ1n) is 7.68. The number of hydrogen-bond donors (Lipinski definition) is 2. The Bertz CT molecular complexity index is 785. The molecule has 1 aliphatic rings. The number of hydrogen-bond acceptors (Lipinski definition) is 7. The van der Waals surface area contributed by atoms with Gasteiger partial charge in [0.1, 0.15) is 5.69 Å². The fraction of sp³-hybridized carbons (Fsp3) is 0.500. The van der Waals surface area contributed by atoms with Crippen molar-refractivity contribution < 1.29 is 22.0 Å². The molecule has 7 nitrogen and oxygen atoms in total. The Balaban J connectivity index is 1.82. The molecule has 1 aliphatic carbocycles. The average molecular weight is 375 g/mol. The SMILES string of the molecule is Nc1nc(NC2CCC(F)(F)CC2)nc(-c2cncc(C(F)(F)F)n2)n1. The predicted octanol–water partition coefficient (Wildman–Crippen LogP) is 2.92. The molecule has 2 aromatic rings. The fourth-order valence-corrected chi connectivity index (χ4v) is 2.55. The zero-order valence-corrected chi connectivity index (χ0v) is 13.3. The third kappa shape index (κ3) is 4.29. The van der Waals surface area contributed by atoms with Crippen molar-refractivity contribution in [3.05, 3.63) is 18.1 Å². The number of halogens is 5. The molecule has 0 unspecified atom stereocenters. The Morgan fingerprint density at radius 2 is 1.73 bits per heavy atom. The highest BCUT2D eigenvalue weighted by atomic mass is 19.4. The Kier molecular flexibility index (Phi) is 4.59. The summed E-state index contributed by atoms with van der Waals surface area (Å²) >= 11 is 0. The molecule has 0 aliphatic heterocycles. The molecule has 0 saturated heterocycles. The highest BCUT2D eigenvalue weighted by molar-refractivity contribution is 5.52. The Labute approximate surface area is 144 Å². The van der Waals surface area contributed by atoms with Gasteiger partial charge >= 0.3 is 6.18 Å². The summed E-state index contributed by atoms with van der Waals surface area (Å²) in [4.78, 5) is 18.5. The number of aromatic nitrogens is 5. The molecular weight excluding hydrogens is 361 g/mol. The summed E-state index contributed by atoms with van der Waals surface area (Å²) in [5.41, 5.74) is 4.15. The molecule has 0 atom stereocenters. The summed E-state index contributed by atoms with van der Waals surface area (Å²) in [7, 11) is 0. The number of alkyl halides is 5. The highest BCUT2D eigenvalue weighted by Gasteiger charge is 2.35. The lowest BCUT2D eigenvalue weighted by molar-refractivity contribution is -0.141. The van der Waals surface area contributed by atoms with Crippen molar-refractivity contribution in [2.75, 3.05) is 11.1 Å². The van der Waals surface area contributed by atoms with E-state index >= 15 is 0 Å². The molecular formula is C14H14F5N7. The number of nitrogens with one attached hydrogen (secondary N) is 1. The number of nitrogen functional groups attached to an aromatic ring is 1. The molecule has 12 heteroatoms. The van der Waals surface area contributed by atoms with Crippen LogP contribution in [0, 0.1) is 0 Å². The lowest BCUT2D eigenvalue weighted by atomic mass is 9.92. The maximum atomic E-state index is 13.2. The first-order valence-corrected chi connectivity index (χ1v) is 7.68. The van der Waals surface area contributed by atoms with Crippen molar-refractivity contribution in [2.45, 2.75) is 43.8 Å². The van der Waals surface area contributed by atoms with Crippen molar-refractivity contribution in [3.8, 4) is 11.5 Å². The van der Waals surface area contributed by atoms with E-state index in [1.807, 2.05) is 0 Å². The van der Waals surface area contributed by atoms with Crippen LogP contribution in [0.2, 0.25) is 0 Å².